The molecule has 0 aliphatic heterocycles. The van der Waals surface area contributed by atoms with Crippen LogP contribution in [0.2, 0.25) is 0 Å². The SMILES string of the molecule is CN(C)C(=N)Cc1cccc(F)c1. The fourth-order valence-electron chi connectivity index (χ4n) is 0.998. The van der Waals surface area contributed by atoms with E-state index in [1.807, 2.05) is 20.2 Å². The maximum Gasteiger partial charge on any atom is 0.123 e. The molecule has 0 spiro atoms. The summed E-state index contributed by atoms with van der Waals surface area (Å²) in [7, 11) is 3.61. The molecule has 0 saturated carbocycles. The highest BCUT2D eigenvalue weighted by Gasteiger charge is 2.01. The first-order chi connectivity index (χ1) is 6.09. The van der Waals surface area contributed by atoms with E-state index in [4.69, 9.17) is 5.41 Å². The van der Waals surface area contributed by atoms with Crippen LogP contribution < -0.4 is 0 Å². The van der Waals surface area contributed by atoms with E-state index >= 15 is 0 Å². The average Bonchev–Trinajstić information content (AvgIpc) is 2.04. The van der Waals surface area contributed by atoms with Gasteiger partial charge in [0.05, 0.1) is 5.84 Å². The first kappa shape index (κ1) is 9.71. The second-order valence-electron chi connectivity index (χ2n) is 3.15. The van der Waals surface area contributed by atoms with Gasteiger partial charge in [-0.3, -0.25) is 5.41 Å². The Morgan fingerprint density at radius 3 is 2.69 bits per heavy atom. The maximum absolute atomic E-state index is 12.7. The van der Waals surface area contributed by atoms with Crippen LogP contribution in [0.1, 0.15) is 5.56 Å². The average molecular weight is 180 g/mol. The van der Waals surface area contributed by atoms with Crippen LogP contribution in [-0.4, -0.2) is 24.8 Å². The van der Waals surface area contributed by atoms with Crippen LogP contribution in [-0.2, 0) is 6.42 Å². The third kappa shape index (κ3) is 2.86. The van der Waals surface area contributed by atoms with E-state index in [9.17, 15) is 4.39 Å². The van der Waals surface area contributed by atoms with E-state index in [-0.39, 0.29) is 5.82 Å². The smallest absolute Gasteiger partial charge is 0.123 e. The lowest BCUT2D eigenvalue weighted by Gasteiger charge is -2.13. The van der Waals surface area contributed by atoms with Gasteiger partial charge >= 0.3 is 0 Å². The molecule has 0 fully saturated rings. The predicted octanol–water partition coefficient (Wildman–Crippen LogP) is 1.91. The number of rotatable bonds is 2. The molecule has 0 unspecified atom stereocenters. The van der Waals surface area contributed by atoms with Crippen molar-refractivity contribution in [3.63, 3.8) is 0 Å². The highest BCUT2D eigenvalue weighted by molar-refractivity contribution is 5.80. The summed E-state index contributed by atoms with van der Waals surface area (Å²) in [6, 6.07) is 6.34. The van der Waals surface area contributed by atoms with Crippen LogP contribution in [0.15, 0.2) is 24.3 Å². The van der Waals surface area contributed by atoms with Crippen molar-refractivity contribution in [2.24, 2.45) is 0 Å². The summed E-state index contributed by atoms with van der Waals surface area (Å²) in [4.78, 5) is 1.71. The van der Waals surface area contributed by atoms with Gasteiger partial charge in [0.2, 0.25) is 0 Å². The molecule has 0 saturated heterocycles. The number of hydrogen-bond acceptors (Lipinski definition) is 1. The number of halogens is 1. The minimum atomic E-state index is -0.246. The Kier molecular flexibility index (Phi) is 3.01. The summed E-state index contributed by atoms with van der Waals surface area (Å²) in [5, 5.41) is 7.55. The Labute approximate surface area is 77.5 Å². The molecule has 13 heavy (non-hydrogen) atoms. The highest BCUT2D eigenvalue weighted by atomic mass is 19.1. The second-order valence-corrected chi connectivity index (χ2v) is 3.15. The Balaban J connectivity index is 2.69. The molecule has 0 bridgehead atoms. The Bertz CT molecular complexity index is 308. The van der Waals surface area contributed by atoms with Gasteiger partial charge in [0, 0.05) is 20.5 Å². The molecule has 2 nitrogen and oxygen atoms in total. The van der Waals surface area contributed by atoms with Crippen LogP contribution >= 0.6 is 0 Å². The highest BCUT2D eigenvalue weighted by Crippen LogP contribution is 2.05. The minimum absolute atomic E-state index is 0.246. The standard InChI is InChI=1S/C10H13FN2/c1-13(2)10(12)7-8-4-3-5-9(11)6-8/h3-6,12H,7H2,1-2H3. The number of amidine groups is 1. The van der Waals surface area contributed by atoms with E-state index in [1.54, 1.807) is 11.0 Å². The summed E-state index contributed by atoms with van der Waals surface area (Å²) >= 11 is 0. The Hall–Kier alpha value is -1.38. The lowest BCUT2D eigenvalue weighted by Crippen LogP contribution is -2.22. The van der Waals surface area contributed by atoms with Gasteiger partial charge in [0.15, 0.2) is 0 Å². The first-order valence-corrected chi connectivity index (χ1v) is 4.09. The third-order valence-corrected chi connectivity index (χ3v) is 1.80. The van der Waals surface area contributed by atoms with Crippen LogP contribution in [0.5, 0.6) is 0 Å². The van der Waals surface area contributed by atoms with Crippen molar-refractivity contribution < 1.29 is 4.39 Å². The van der Waals surface area contributed by atoms with Gasteiger partial charge in [-0.25, -0.2) is 4.39 Å². The van der Waals surface area contributed by atoms with Crippen molar-refractivity contribution in [1.82, 2.24) is 4.90 Å². The van der Waals surface area contributed by atoms with Gasteiger partial charge in [0.25, 0.3) is 0 Å². The number of likely N-dealkylation sites (N-methyl/N-ethyl adjacent to an activating group) is 1. The fourth-order valence-corrected chi connectivity index (χ4v) is 0.998. The van der Waals surface area contributed by atoms with E-state index in [2.05, 4.69) is 0 Å². The van der Waals surface area contributed by atoms with Crippen molar-refractivity contribution >= 4 is 5.84 Å². The molecule has 70 valence electrons. The lowest BCUT2D eigenvalue weighted by atomic mass is 10.1. The monoisotopic (exact) mass is 180 g/mol. The minimum Gasteiger partial charge on any atom is -0.366 e. The molecular formula is C10H13FN2. The summed E-state index contributed by atoms with van der Waals surface area (Å²) < 4.78 is 12.7. The molecule has 0 radical (unpaired) electrons. The number of hydrogen-bond donors (Lipinski definition) is 1. The van der Waals surface area contributed by atoms with E-state index in [0.29, 0.717) is 12.3 Å². The van der Waals surface area contributed by atoms with Crippen molar-refractivity contribution in [2.75, 3.05) is 14.1 Å². The Morgan fingerprint density at radius 1 is 1.46 bits per heavy atom. The fraction of sp³-hybridized carbons (Fsp3) is 0.300. The third-order valence-electron chi connectivity index (χ3n) is 1.80. The first-order valence-electron chi connectivity index (χ1n) is 4.09. The van der Waals surface area contributed by atoms with Gasteiger partial charge in [0.1, 0.15) is 5.82 Å². The molecule has 0 aromatic heterocycles. The quantitative estimate of drug-likeness (QED) is 0.546. The number of nitrogens with one attached hydrogen (secondary N) is 1. The molecule has 1 aromatic carbocycles. The van der Waals surface area contributed by atoms with Gasteiger partial charge in [-0.05, 0) is 17.7 Å². The second kappa shape index (κ2) is 4.03. The van der Waals surface area contributed by atoms with Crippen molar-refractivity contribution in [1.29, 1.82) is 5.41 Å². The maximum atomic E-state index is 12.7. The van der Waals surface area contributed by atoms with Gasteiger partial charge in [-0.15, -0.1) is 0 Å². The van der Waals surface area contributed by atoms with Crippen LogP contribution in [0.25, 0.3) is 0 Å². The summed E-state index contributed by atoms with van der Waals surface area (Å²) in [5.74, 6) is 0.231. The van der Waals surface area contributed by atoms with Crippen molar-refractivity contribution in [3.05, 3.63) is 35.6 Å². The van der Waals surface area contributed by atoms with Crippen molar-refractivity contribution in [3.8, 4) is 0 Å². The molecule has 0 heterocycles. The van der Waals surface area contributed by atoms with E-state index in [1.165, 1.54) is 12.1 Å². The normalized spacial score (nSPS) is 9.77. The molecule has 1 rings (SSSR count). The number of nitrogens with zero attached hydrogens (tertiary/aromatic N) is 1. The largest absolute Gasteiger partial charge is 0.366 e. The zero-order chi connectivity index (χ0) is 9.84. The molecule has 0 amide bonds. The van der Waals surface area contributed by atoms with E-state index in [0.717, 1.165) is 5.56 Å². The number of benzene rings is 1. The molecule has 1 N–H and O–H groups in total. The summed E-state index contributed by atoms with van der Waals surface area (Å²) in [6.45, 7) is 0. The summed E-state index contributed by atoms with van der Waals surface area (Å²) in [5.41, 5.74) is 0.832. The van der Waals surface area contributed by atoms with Gasteiger partial charge < -0.3 is 4.90 Å². The summed E-state index contributed by atoms with van der Waals surface area (Å²) in [6.07, 6.45) is 0.477. The van der Waals surface area contributed by atoms with E-state index < -0.39 is 0 Å². The van der Waals surface area contributed by atoms with Crippen LogP contribution in [0.4, 0.5) is 4.39 Å². The predicted molar refractivity (Wildman–Crippen MR) is 51.5 cm³/mol. The van der Waals surface area contributed by atoms with Crippen molar-refractivity contribution in [2.45, 2.75) is 6.42 Å². The molecule has 3 heteroatoms. The van der Waals surface area contributed by atoms with Crippen LogP contribution in [0, 0.1) is 11.2 Å². The Morgan fingerprint density at radius 2 is 2.15 bits per heavy atom. The topological polar surface area (TPSA) is 27.1 Å². The molecule has 0 aliphatic rings. The van der Waals surface area contributed by atoms with Crippen LogP contribution in [0.3, 0.4) is 0 Å². The molecular weight excluding hydrogens is 167 g/mol. The molecule has 0 atom stereocenters. The molecule has 0 aliphatic carbocycles. The molecule has 1 aromatic rings. The van der Waals surface area contributed by atoms with Gasteiger partial charge in [-0.2, -0.15) is 0 Å². The van der Waals surface area contributed by atoms with Gasteiger partial charge in [-0.1, -0.05) is 12.1 Å². The zero-order valence-electron chi connectivity index (χ0n) is 7.84. The lowest BCUT2D eigenvalue weighted by molar-refractivity contribution is 0.602. The zero-order valence-corrected chi connectivity index (χ0v) is 7.84.